The van der Waals surface area contributed by atoms with Gasteiger partial charge in [-0.25, -0.2) is 4.79 Å². The third kappa shape index (κ3) is 5.99. The molecule has 2 rings (SSSR count). The summed E-state index contributed by atoms with van der Waals surface area (Å²) in [5, 5.41) is 8.79. The average molecular weight is 370 g/mol. The molecule has 1 saturated carbocycles. The Morgan fingerprint density at radius 1 is 1.24 bits per heavy atom. The smallest absolute Gasteiger partial charge is 0.371 e. The van der Waals surface area contributed by atoms with E-state index in [0.717, 1.165) is 25.7 Å². The zero-order valence-corrected chi connectivity index (χ0v) is 15.8. The Balaban J connectivity index is 1.74. The Labute approximate surface area is 150 Å². The van der Waals surface area contributed by atoms with E-state index in [1.165, 1.54) is 12.1 Å². The van der Waals surface area contributed by atoms with Crippen LogP contribution in [0.5, 0.6) is 0 Å². The van der Waals surface area contributed by atoms with Gasteiger partial charge in [0.15, 0.2) is 0 Å². The topological polar surface area (TPSA) is 93.8 Å². The first-order valence-corrected chi connectivity index (χ1v) is 10.0. The number of rotatable bonds is 6. The molecule has 0 amide bonds. The maximum atomic E-state index is 12.0. The van der Waals surface area contributed by atoms with Crippen LogP contribution in [0.1, 0.15) is 62.8 Å². The van der Waals surface area contributed by atoms with Crippen molar-refractivity contribution in [1.29, 1.82) is 0 Å². The summed E-state index contributed by atoms with van der Waals surface area (Å²) in [6.45, 7) is 6.70. The fraction of sp³-hybridized carbons (Fsp3) is 0.667. The monoisotopic (exact) mass is 370 g/mol. The molecule has 1 fully saturated rings. The van der Waals surface area contributed by atoms with Crippen LogP contribution in [0, 0.1) is 11.3 Å². The normalized spacial score (nSPS) is 22.4. The SMILES string of the molecule is CC(C)(C)C1CCC(OC(=O)CS(=O)Cc2ccc(C(=O)O)o2)CC1. The van der Waals surface area contributed by atoms with E-state index < -0.39 is 22.7 Å². The van der Waals surface area contributed by atoms with E-state index in [0.29, 0.717) is 5.92 Å². The van der Waals surface area contributed by atoms with Crippen LogP contribution in [-0.2, 0) is 26.1 Å². The third-order valence-corrected chi connectivity index (χ3v) is 5.82. The lowest BCUT2D eigenvalue weighted by Gasteiger charge is -2.36. The zero-order chi connectivity index (χ0) is 18.6. The zero-order valence-electron chi connectivity index (χ0n) is 14.9. The largest absolute Gasteiger partial charge is 0.475 e. The van der Waals surface area contributed by atoms with Crippen molar-refractivity contribution < 1.29 is 28.1 Å². The number of carbonyl (C=O) groups is 2. The Kier molecular flexibility index (Phi) is 6.43. The average Bonchev–Trinajstić information content (AvgIpc) is 2.95. The van der Waals surface area contributed by atoms with Gasteiger partial charge in [0.05, 0.1) is 5.75 Å². The molecule has 1 unspecified atom stereocenters. The Morgan fingerprint density at radius 2 is 1.88 bits per heavy atom. The highest BCUT2D eigenvalue weighted by molar-refractivity contribution is 7.84. The van der Waals surface area contributed by atoms with Crippen LogP contribution in [0.3, 0.4) is 0 Å². The maximum absolute atomic E-state index is 12.0. The van der Waals surface area contributed by atoms with E-state index in [1.54, 1.807) is 0 Å². The van der Waals surface area contributed by atoms with E-state index in [9.17, 15) is 13.8 Å². The van der Waals surface area contributed by atoms with Gasteiger partial charge in [0.2, 0.25) is 5.76 Å². The Morgan fingerprint density at radius 3 is 2.40 bits per heavy atom. The summed E-state index contributed by atoms with van der Waals surface area (Å²) in [7, 11) is -1.49. The lowest BCUT2D eigenvalue weighted by molar-refractivity contribution is -0.148. The Hall–Kier alpha value is -1.63. The van der Waals surface area contributed by atoms with E-state index in [2.05, 4.69) is 20.8 Å². The van der Waals surface area contributed by atoms with Gasteiger partial charge in [-0.1, -0.05) is 20.8 Å². The molecule has 6 nitrogen and oxygen atoms in total. The molecule has 1 aliphatic carbocycles. The number of carboxylic acid groups (broad SMARTS) is 1. The number of furan rings is 1. The summed E-state index contributed by atoms with van der Waals surface area (Å²) in [5.74, 6) is -1.13. The number of carboxylic acids is 1. The van der Waals surface area contributed by atoms with Gasteiger partial charge in [0.25, 0.3) is 0 Å². The van der Waals surface area contributed by atoms with Crippen LogP contribution in [0.4, 0.5) is 0 Å². The highest BCUT2D eigenvalue weighted by atomic mass is 32.2. The van der Waals surface area contributed by atoms with Gasteiger partial charge in [-0.05, 0) is 49.1 Å². The minimum Gasteiger partial charge on any atom is -0.475 e. The summed E-state index contributed by atoms with van der Waals surface area (Å²) in [5.41, 5.74) is 0.272. The van der Waals surface area contributed by atoms with Crippen LogP contribution in [0.2, 0.25) is 0 Å². The number of carbonyl (C=O) groups excluding carboxylic acids is 1. The minimum atomic E-state index is -1.49. The molecule has 0 bridgehead atoms. The molecule has 1 aromatic rings. The molecule has 0 radical (unpaired) electrons. The van der Waals surface area contributed by atoms with Crippen molar-refractivity contribution in [2.45, 2.75) is 58.3 Å². The predicted octanol–water partition coefficient (Wildman–Crippen LogP) is 3.37. The third-order valence-electron chi connectivity index (χ3n) is 4.65. The van der Waals surface area contributed by atoms with Crippen molar-refractivity contribution in [3.8, 4) is 0 Å². The fourth-order valence-electron chi connectivity index (χ4n) is 3.18. The second kappa shape index (κ2) is 8.17. The van der Waals surface area contributed by atoms with E-state index in [-0.39, 0.29) is 34.5 Å². The highest BCUT2D eigenvalue weighted by Crippen LogP contribution is 2.38. The van der Waals surface area contributed by atoms with Crippen LogP contribution < -0.4 is 0 Å². The summed E-state index contributed by atoms with van der Waals surface area (Å²) < 4.78 is 22.5. The maximum Gasteiger partial charge on any atom is 0.371 e. The van der Waals surface area contributed by atoms with Crippen molar-refractivity contribution in [2.24, 2.45) is 11.3 Å². The number of ether oxygens (including phenoxy) is 1. The summed E-state index contributed by atoms with van der Waals surface area (Å²) >= 11 is 0. The molecule has 7 heteroatoms. The Bertz CT molecular complexity index is 634. The minimum absolute atomic E-state index is 0.000848. The molecule has 0 saturated heterocycles. The second-order valence-electron chi connectivity index (χ2n) is 7.63. The van der Waals surface area contributed by atoms with Gasteiger partial charge in [-0.15, -0.1) is 0 Å². The molecule has 140 valence electrons. The molecule has 1 aliphatic rings. The van der Waals surface area contributed by atoms with Crippen molar-refractivity contribution >= 4 is 22.7 Å². The molecule has 1 N–H and O–H groups in total. The number of esters is 1. The molecular weight excluding hydrogens is 344 g/mol. The standard InChI is InChI=1S/C18H26O6S/c1-18(2,3)12-4-6-13(7-5-12)24-16(19)11-25(22)10-14-8-9-15(23-14)17(20)21/h8-9,12-13H,4-7,10-11H2,1-3H3,(H,20,21). The van der Waals surface area contributed by atoms with Crippen molar-refractivity contribution in [3.05, 3.63) is 23.7 Å². The molecule has 0 aliphatic heterocycles. The molecule has 0 spiro atoms. The van der Waals surface area contributed by atoms with E-state index in [4.69, 9.17) is 14.3 Å². The summed E-state index contributed by atoms with van der Waals surface area (Å²) in [6.07, 6.45) is 3.68. The molecule has 1 aromatic heterocycles. The van der Waals surface area contributed by atoms with Gasteiger partial charge in [-0.2, -0.15) is 0 Å². The molecular formula is C18H26O6S. The number of hydrogen-bond donors (Lipinski definition) is 1. The predicted molar refractivity (Wildman–Crippen MR) is 93.7 cm³/mol. The second-order valence-corrected chi connectivity index (χ2v) is 9.09. The van der Waals surface area contributed by atoms with E-state index >= 15 is 0 Å². The van der Waals surface area contributed by atoms with Crippen LogP contribution >= 0.6 is 0 Å². The van der Waals surface area contributed by atoms with Crippen LogP contribution in [0.15, 0.2) is 16.5 Å². The summed E-state index contributed by atoms with van der Waals surface area (Å²) in [6, 6.07) is 2.77. The van der Waals surface area contributed by atoms with Crippen molar-refractivity contribution in [1.82, 2.24) is 0 Å². The van der Waals surface area contributed by atoms with E-state index in [1.807, 2.05) is 0 Å². The molecule has 1 atom stereocenters. The van der Waals surface area contributed by atoms with Gasteiger partial charge in [0, 0.05) is 10.8 Å². The van der Waals surface area contributed by atoms with Gasteiger partial charge in [0.1, 0.15) is 17.6 Å². The number of hydrogen-bond acceptors (Lipinski definition) is 5. The van der Waals surface area contributed by atoms with Crippen molar-refractivity contribution in [3.63, 3.8) is 0 Å². The first kappa shape index (κ1) is 19.7. The summed E-state index contributed by atoms with van der Waals surface area (Å²) in [4.78, 5) is 22.7. The first-order chi connectivity index (χ1) is 11.6. The molecule has 1 heterocycles. The lowest BCUT2D eigenvalue weighted by Crippen LogP contribution is -2.31. The van der Waals surface area contributed by atoms with Crippen molar-refractivity contribution in [2.75, 3.05) is 5.75 Å². The quantitative estimate of drug-likeness (QED) is 0.772. The number of aromatic carboxylic acids is 1. The van der Waals surface area contributed by atoms with Gasteiger partial charge in [-0.3, -0.25) is 9.00 Å². The highest BCUT2D eigenvalue weighted by Gasteiger charge is 2.31. The molecule has 0 aromatic carbocycles. The lowest BCUT2D eigenvalue weighted by atomic mass is 9.72. The van der Waals surface area contributed by atoms with Crippen LogP contribution in [0.25, 0.3) is 0 Å². The van der Waals surface area contributed by atoms with Crippen LogP contribution in [-0.4, -0.2) is 33.1 Å². The van der Waals surface area contributed by atoms with Gasteiger partial charge >= 0.3 is 11.9 Å². The molecule has 25 heavy (non-hydrogen) atoms. The first-order valence-electron chi connectivity index (χ1n) is 8.51. The fourth-order valence-corrected chi connectivity index (χ4v) is 4.08. The van der Waals surface area contributed by atoms with Gasteiger partial charge < -0.3 is 14.3 Å².